The minimum atomic E-state index is -4.28. The number of aryl methyl sites for hydroxylation is 3. The molecule has 1 N–H and O–H groups in total. The van der Waals surface area contributed by atoms with E-state index in [2.05, 4.69) is 104 Å². The van der Waals surface area contributed by atoms with E-state index in [0.717, 1.165) is 35.5 Å². The third-order valence-electron chi connectivity index (χ3n) is 5.64. The second-order valence-corrected chi connectivity index (χ2v) is 11.9. The number of nitrogens with one attached hydrogen (secondary N) is 1. The Bertz CT molecular complexity index is 1200. The van der Waals surface area contributed by atoms with Crippen LogP contribution in [0.15, 0.2) is 91.7 Å². The van der Waals surface area contributed by atoms with Crippen molar-refractivity contribution in [2.75, 3.05) is 0 Å². The molecule has 0 aliphatic carbocycles. The molecule has 5 heteroatoms. The Kier molecular flexibility index (Phi) is 35.6. The summed E-state index contributed by atoms with van der Waals surface area (Å²) in [6, 6.07) is 14.2. The summed E-state index contributed by atoms with van der Waals surface area (Å²) in [4.78, 5) is 0. The Labute approximate surface area is 301 Å². The smallest absolute Gasteiger partial charge is 0.384 e. The van der Waals surface area contributed by atoms with Crippen molar-refractivity contribution in [1.82, 2.24) is 5.32 Å². The first kappa shape index (κ1) is 54.9. The topological polar surface area (TPSA) is 12.0 Å². The molecule has 0 heterocycles. The molecule has 0 aliphatic rings. The SMILES string of the molecule is C=C.C=C(NCc1cc(C)cc(C)c1)C(C)(C)C.CC.CC.CC#C/C=C\C(=C/CC)C(F)(F)F.CCC.Cc1cccc(C(C)(C)F)c1. The molecule has 2 aromatic rings. The van der Waals surface area contributed by atoms with Crippen molar-refractivity contribution in [2.45, 2.75) is 142 Å². The van der Waals surface area contributed by atoms with E-state index in [0.29, 0.717) is 6.42 Å². The van der Waals surface area contributed by atoms with Crippen molar-refractivity contribution in [3.05, 3.63) is 120 Å². The number of benzene rings is 2. The third kappa shape index (κ3) is 32.8. The molecular weight excluding hydrogens is 618 g/mol. The molecule has 0 atom stereocenters. The maximum atomic E-state index is 13.3. The molecule has 2 aromatic carbocycles. The van der Waals surface area contributed by atoms with Gasteiger partial charge in [-0.1, -0.05) is 153 Å². The van der Waals surface area contributed by atoms with Crippen molar-refractivity contribution in [1.29, 1.82) is 0 Å². The number of halogens is 4. The normalized spacial score (nSPS) is 10.4. The van der Waals surface area contributed by atoms with Gasteiger partial charge in [0.05, 0.1) is 5.57 Å². The van der Waals surface area contributed by atoms with Crippen LogP contribution in [0.25, 0.3) is 0 Å². The van der Waals surface area contributed by atoms with Gasteiger partial charge in [-0.05, 0) is 71.2 Å². The maximum absolute atomic E-state index is 13.3. The molecule has 1 nitrogen and oxygen atoms in total. The Hall–Kier alpha value is -3.52. The second-order valence-electron chi connectivity index (χ2n) is 11.9. The van der Waals surface area contributed by atoms with Gasteiger partial charge in [0.2, 0.25) is 0 Å². The quantitative estimate of drug-likeness (QED) is 0.138. The van der Waals surface area contributed by atoms with Gasteiger partial charge < -0.3 is 5.32 Å². The third-order valence-corrected chi connectivity index (χ3v) is 5.64. The van der Waals surface area contributed by atoms with Crippen molar-refractivity contribution < 1.29 is 17.6 Å². The van der Waals surface area contributed by atoms with Crippen LogP contribution in [0.5, 0.6) is 0 Å². The molecular formula is C44H71F4N. The standard InChI is InChI=1S/C15H23N.C10H11F3.C10H13F.C3H8.2C2H6.C2H4/c1-11-7-12(2)9-14(8-11)10-16-13(3)15(4,5)6;1-3-5-6-8-9(7-4-2)10(11,12)13;1-8-5-4-6-9(7-8)10(2,3)11;1-3-2;3*1-2/h7-9,16H,3,10H2,1-2,4-6H3;6-8H,4H2,1-2H3;4-7H,1-3H3;3H2,1-2H3;2*1-2H3;1-2H2/b;8-6-,9-7+;;;;;. The molecule has 0 aromatic heterocycles. The summed E-state index contributed by atoms with van der Waals surface area (Å²) in [5, 5.41) is 3.40. The highest BCUT2D eigenvalue weighted by Crippen LogP contribution is 2.27. The van der Waals surface area contributed by atoms with E-state index in [-0.39, 0.29) is 5.41 Å². The fourth-order valence-corrected chi connectivity index (χ4v) is 3.37. The highest BCUT2D eigenvalue weighted by Gasteiger charge is 2.31. The fraction of sp³-hybridized carbons (Fsp3) is 0.500. The molecule has 0 saturated carbocycles. The Morgan fingerprint density at radius 1 is 0.796 bits per heavy atom. The van der Waals surface area contributed by atoms with E-state index < -0.39 is 17.4 Å². The van der Waals surface area contributed by atoms with Crippen molar-refractivity contribution in [3.8, 4) is 11.8 Å². The van der Waals surface area contributed by atoms with Crippen molar-refractivity contribution in [2.24, 2.45) is 5.41 Å². The molecule has 0 radical (unpaired) electrons. The number of hydrogen-bond donors (Lipinski definition) is 1. The Balaban J connectivity index is -0.000000178. The molecule has 0 unspecified atom stereocenters. The number of hydrogen-bond acceptors (Lipinski definition) is 1. The van der Waals surface area contributed by atoms with E-state index in [4.69, 9.17) is 0 Å². The average molecular weight is 690 g/mol. The van der Waals surface area contributed by atoms with E-state index in [9.17, 15) is 17.6 Å². The van der Waals surface area contributed by atoms with Crippen molar-refractivity contribution in [3.63, 3.8) is 0 Å². The zero-order valence-corrected chi connectivity index (χ0v) is 34.0. The number of allylic oxidation sites excluding steroid dienone is 5. The summed E-state index contributed by atoms with van der Waals surface area (Å²) in [6.07, 6.45) is 0.656. The van der Waals surface area contributed by atoms with Crippen LogP contribution in [0.2, 0.25) is 0 Å². The van der Waals surface area contributed by atoms with Crippen LogP contribution in [-0.4, -0.2) is 6.18 Å². The summed E-state index contributed by atoms with van der Waals surface area (Å²) < 4.78 is 49.8. The lowest BCUT2D eigenvalue weighted by atomic mass is 9.93. The van der Waals surface area contributed by atoms with E-state index in [1.54, 1.807) is 27.7 Å². The molecule has 2 rings (SSSR count). The van der Waals surface area contributed by atoms with Gasteiger partial charge >= 0.3 is 6.18 Å². The number of alkyl halides is 4. The minimum absolute atomic E-state index is 0.124. The Morgan fingerprint density at radius 2 is 1.27 bits per heavy atom. The van der Waals surface area contributed by atoms with Gasteiger partial charge in [0.1, 0.15) is 5.67 Å². The van der Waals surface area contributed by atoms with E-state index >= 15 is 0 Å². The highest BCUT2D eigenvalue weighted by atomic mass is 19.4. The average Bonchev–Trinajstić information content (AvgIpc) is 3.02. The van der Waals surface area contributed by atoms with Crippen LogP contribution in [0.3, 0.4) is 0 Å². The van der Waals surface area contributed by atoms with Gasteiger partial charge in [-0.3, -0.25) is 0 Å². The maximum Gasteiger partial charge on any atom is 0.416 e. The van der Waals surface area contributed by atoms with Crippen LogP contribution in [0.1, 0.15) is 131 Å². The molecule has 0 bridgehead atoms. The molecule has 0 saturated heterocycles. The lowest BCUT2D eigenvalue weighted by molar-refractivity contribution is -0.0884. The largest absolute Gasteiger partial charge is 0.416 e. The molecule has 0 spiro atoms. The predicted octanol–water partition coefficient (Wildman–Crippen LogP) is 14.9. The lowest BCUT2D eigenvalue weighted by Crippen LogP contribution is -2.23. The molecule has 0 amide bonds. The first-order valence-electron chi connectivity index (χ1n) is 17.3. The summed E-state index contributed by atoms with van der Waals surface area (Å²) in [7, 11) is 0. The van der Waals surface area contributed by atoms with Crippen LogP contribution >= 0.6 is 0 Å². The van der Waals surface area contributed by atoms with Crippen LogP contribution in [0, 0.1) is 38.0 Å². The minimum Gasteiger partial charge on any atom is -0.384 e. The second kappa shape index (κ2) is 31.7. The van der Waals surface area contributed by atoms with Gasteiger partial charge in [-0.2, -0.15) is 13.2 Å². The van der Waals surface area contributed by atoms with Crippen LogP contribution in [-0.2, 0) is 12.2 Å². The highest BCUT2D eigenvalue weighted by molar-refractivity contribution is 5.30. The van der Waals surface area contributed by atoms with Crippen molar-refractivity contribution >= 4 is 0 Å². The van der Waals surface area contributed by atoms with Crippen LogP contribution in [0.4, 0.5) is 17.6 Å². The first-order valence-corrected chi connectivity index (χ1v) is 17.3. The zero-order chi connectivity index (χ0) is 39.9. The lowest BCUT2D eigenvalue weighted by Gasteiger charge is -2.23. The Morgan fingerprint density at radius 3 is 1.59 bits per heavy atom. The monoisotopic (exact) mass is 690 g/mol. The van der Waals surface area contributed by atoms with Gasteiger partial charge in [0.25, 0.3) is 0 Å². The van der Waals surface area contributed by atoms with Crippen LogP contribution < -0.4 is 5.32 Å². The first-order chi connectivity index (χ1) is 22.7. The van der Waals surface area contributed by atoms with Gasteiger partial charge in [0, 0.05) is 17.7 Å². The predicted molar refractivity (Wildman–Crippen MR) is 214 cm³/mol. The molecule has 0 fully saturated rings. The zero-order valence-electron chi connectivity index (χ0n) is 34.0. The summed E-state index contributed by atoms with van der Waals surface area (Å²) in [6.45, 7) is 42.3. The van der Waals surface area contributed by atoms with Gasteiger partial charge in [-0.25, -0.2) is 4.39 Å². The molecule has 0 aliphatic heterocycles. The fourth-order valence-electron chi connectivity index (χ4n) is 3.37. The summed E-state index contributed by atoms with van der Waals surface area (Å²) in [5.74, 6) is 4.92. The summed E-state index contributed by atoms with van der Waals surface area (Å²) >= 11 is 0. The summed E-state index contributed by atoms with van der Waals surface area (Å²) in [5.41, 5.74) is 5.17. The number of rotatable bonds is 6. The van der Waals surface area contributed by atoms with E-state index in [1.807, 2.05) is 58.9 Å². The van der Waals surface area contributed by atoms with E-state index in [1.165, 1.54) is 29.2 Å². The molecule has 280 valence electrons. The molecule has 49 heavy (non-hydrogen) atoms. The van der Waals surface area contributed by atoms with Gasteiger partial charge in [-0.15, -0.1) is 19.1 Å². The van der Waals surface area contributed by atoms with Gasteiger partial charge in [0.15, 0.2) is 0 Å².